The molecular weight excluding hydrogens is 731 g/mol. The van der Waals surface area contributed by atoms with Gasteiger partial charge in [-0.2, -0.15) is 0 Å². The zero-order chi connectivity index (χ0) is 39.8. The number of nitrogens with one attached hydrogen (secondary N) is 1. The number of allylic oxidation sites excluding steroid dienone is 1. The van der Waals surface area contributed by atoms with Gasteiger partial charge in [0.2, 0.25) is 0 Å². The summed E-state index contributed by atoms with van der Waals surface area (Å²) in [7, 11) is 0. The lowest BCUT2D eigenvalue weighted by molar-refractivity contribution is 0.442. The van der Waals surface area contributed by atoms with Gasteiger partial charge in [-0.05, 0) is 64.2 Å². The minimum atomic E-state index is -0.567. The number of rotatable bonds is 5. The molecule has 2 aliphatic rings. The molecule has 0 amide bonds. The topological polar surface area (TPSA) is 58.9 Å². The summed E-state index contributed by atoms with van der Waals surface area (Å²) in [6.45, 7) is 0. The molecule has 4 nitrogen and oxygen atoms in total. The lowest BCUT2D eigenvalue weighted by Crippen LogP contribution is -2.32. The van der Waals surface area contributed by atoms with Gasteiger partial charge < -0.3 is 10.1 Å². The number of hydrogen-bond acceptors (Lipinski definition) is 4. The van der Waals surface area contributed by atoms with E-state index in [2.05, 4.69) is 158 Å². The average molecular weight is 766 g/mol. The Labute approximate surface area is 347 Å². The molecule has 1 aliphatic heterocycles. The minimum absolute atomic E-state index is 0.408. The lowest BCUT2D eigenvalue weighted by Gasteiger charge is -2.40. The molecule has 0 bridgehead atoms. The van der Waals surface area contributed by atoms with E-state index in [0.717, 1.165) is 88.8 Å². The molecule has 280 valence electrons. The number of nitrogens with zero attached hydrogens (tertiary/aromatic N) is 2. The Morgan fingerprint density at radius 1 is 0.517 bits per heavy atom. The normalized spacial score (nSPS) is 13.3. The molecule has 0 saturated heterocycles. The van der Waals surface area contributed by atoms with Crippen LogP contribution in [0.3, 0.4) is 0 Å². The largest absolute Gasteiger partial charge is 0.456 e. The Morgan fingerprint density at radius 3 is 2.05 bits per heavy atom. The van der Waals surface area contributed by atoms with Crippen molar-refractivity contribution in [3.05, 3.63) is 234 Å². The van der Waals surface area contributed by atoms with Crippen LogP contribution in [0.4, 0.5) is 0 Å². The summed E-state index contributed by atoms with van der Waals surface area (Å²) in [5, 5.41) is 13.3. The molecule has 2 aromatic heterocycles. The fraction of sp³-hybridized carbons (Fsp3) is 0.0179. The van der Waals surface area contributed by atoms with Crippen molar-refractivity contribution >= 4 is 44.4 Å². The number of benzene rings is 8. The van der Waals surface area contributed by atoms with Gasteiger partial charge in [0, 0.05) is 49.4 Å². The quantitative estimate of drug-likeness (QED) is 0.140. The average Bonchev–Trinajstić information content (AvgIpc) is 3.61. The standard InChI is InChI=1S/C56H35N3O/c57-48(31-26-35-25-27-37-28-32-49(58-51(37)33-35)36-13-2-1-3-14-36)38-15-12-16-39(34-38)54-43-29-30-47-55(53(43)42-19-6-10-23-50(42)59-54)60-52-24-11-9-22-46(52)56(47)44-20-7-4-17-40(44)41-18-5-8-21-45(41)56/h1-34,57H/b31-26-,57-48?. The highest BCUT2D eigenvalue weighted by Gasteiger charge is 2.51. The van der Waals surface area contributed by atoms with Gasteiger partial charge in [-0.15, -0.1) is 0 Å². The van der Waals surface area contributed by atoms with E-state index in [1.807, 2.05) is 48.6 Å². The third-order valence-corrected chi connectivity index (χ3v) is 12.4. The van der Waals surface area contributed by atoms with Gasteiger partial charge in [-0.3, -0.25) is 0 Å². The summed E-state index contributed by atoms with van der Waals surface area (Å²) in [4.78, 5) is 10.3. The van der Waals surface area contributed by atoms with E-state index in [4.69, 9.17) is 14.7 Å². The van der Waals surface area contributed by atoms with Gasteiger partial charge in [-0.25, -0.2) is 9.97 Å². The van der Waals surface area contributed by atoms with E-state index in [1.54, 1.807) is 0 Å². The number of hydrogen-bond donors (Lipinski definition) is 1. The van der Waals surface area contributed by atoms with E-state index in [-0.39, 0.29) is 0 Å². The van der Waals surface area contributed by atoms with Crippen molar-refractivity contribution in [1.82, 2.24) is 9.97 Å². The van der Waals surface area contributed by atoms with Crippen molar-refractivity contribution in [3.63, 3.8) is 0 Å². The van der Waals surface area contributed by atoms with Gasteiger partial charge in [0.05, 0.1) is 33.5 Å². The van der Waals surface area contributed by atoms with Crippen molar-refractivity contribution in [1.29, 1.82) is 5.41 Å². The highest BCUT2D eigenvalue weighted by atomic mass is 16.5. The van der Waals surface area contributed by atoms with E-state index >= 15 is 0 Å². The molecule has 0 radical (unpaired) electrons. The van der Waals surface area contributed by atoms with E-state index < -0.39 is 5.41 Å². The van der Waals surface area contributed by atoms with E-state index in [9.17, 15) is 5.41 Å². The maximum Gasteiger partial charge on any atom is 0.140 e. The van der Waals surface area contributed by atoms with E-state index in [1.165, 1.54) is 22.3 Å². The van der Waals surface area contributed by atoms with Crippen LogP contribution in [-0.4, -0.2) is 15.7 Å². The maximum atomic E-state index is 9.20. The molecule has 1 N–H and O–H groups in total. The monoisotopic (exact) mass is 765 g/mol. The van der Waals surface area contributed by atoms with Crippen LogP contribution in [0.25, 0.3) is 72.3 Å². The van der Waals surface area contributed by atoms with Crippen LogP contribution in [0.2, 0.25) is 0 Å². The number of aromatic nitrogens is 2. The summed E-state index contributed by atoms with van der Waals surface area (Å²) in [5.41, 5.74) is 14.5. The van der Waals surface area contributed by atoms with Crippen LogP contribution in [-0.2, 0) is 5.41 Å². The third-order valence-electron chi connectivity index (χ3n) is 12.4. The van der Waals surface area contributed by atoms with Crippen LogP contribution < -0.4 is 4.74 Å². The predicted molar refractivity (Wildman–Crippen MR) is 245 cm³/mol. The van der Waals surface area contributed by atoms with Gasteiger partial charge in [0.15, 0.2) is 0 Å². The van der Waals surface area contributed by atoms with Crippen LogP contribution in [0.1, 0.15) is 33.4 Å². The zero-order valence-corrected chi connectivity index (χ0v) is 32.4. The molecule has 8 aromatic carbocycles. The molecule has 1 aliphatic carbocycles. The van der Waals surface area contributed by atoms with Crippen molar-refractivity contribution < 1.29 is 4.74 Å². The van der Waals surface area contributed by atoms with Crippen molar-refractivity contribution in [2.75, 3.05) is 0 Å². The van der Waals surface area contributed by atoms with Gasteiger partial charge in [-0.1, -0.05) is 170 Å². The molecule has 10 aromatic rings. The Kier molecular flexibility index (Phi) is 7.56. The van der Waals surface area contributed by atoms with E-state index in [0.29, 0.717) is 5.71 Å². The molecule has 4 heteroatoms. The first kappa shape index (κ1) is 34.1. The van der Waals surface area contributed by atoms with Crippen LogP contribution in [0.5, 0.6) is 11.5 Å². The second-order valence-electron chi connectivity index (χ2n) is 15.6. The molecule has 60 heavy (non-hydrogen) atoms. The van der Waals surface area contributed by atoms with Crippen molar-refractivity contribution in [3.8, 4) is 45.1 Å². The van der Waals surface area contributed by atoms with Crippen molar-refractivity contribution in [2.24, 2.45) is 0 Å². The summed E-state index contributed by atoms with van der Waals surface area (Å²) in [5.74, 6) is 1.71. The fourth-order valence-electron chi connectivity index (χ4n) is 9.69. The van der Waals surface area contributed by atoms with Crippen molar-refractivity contribution in [2.45, 2.75) is 5.41 Å². The molecule has 0 fully saturated rings. The number of ether oxygens (including phenoxy) is 1. The lowest BCUT2D eigenvalue weighted by atomic mass is 9.65. The Balaban J connectivity index is 0.986. The number of fused-ring (bicyclic) bond motifs is 14. The fourth-order valence-corrected chi connectivity index (χ4v) is 9.69. The molecular formula is C56H35N3O. The summed E-state index contributed by atoms with van der Waals surface area (Å²) in [6, 6.07) is 67.9. The summed E-state index contributed by atoms with van der Waals surface area (Å²) in [6.07, 6.45) is 3.86. The Hall–Kier alpha value is -7.95. The minimum Gasteiger partial charge on any atom is -0.456 e. The molecule has 3 heterocycles. The molecule has 12 rings (SSSR count). The summed E-state index contributed by atoms with van der Waals surface area (Å²) < 4.78 is 7.12. The van der Waals surface area contributed by atoms with Crippen LogP contribution >= 0.6 is 0 Å². The first-order valence-electron chi connectivity index (χ1n) is 20.3. The second kappa shape index (κ2) is 13.3. The highest BCUT2D eigenvalue weighted by Crippen LogP contribution is 2.63. The molecule has 0 unspecified atom stereocenters. The number of pyridine rings is 2. The second-order valence-corrected chi connectivity index (χ2v) is 15.6. The summed E-state index contributed by atoms with van der Waals surface area (Å²) >= 11 is 0. The number of para-hydroxylation sites is 2. The Morgan fingerprint density at radius 2 is 1.22 bits per heavy atom. The maximum absolute atomic E-state index is 9.20. The third kappa shape index (κ3) is 5.07. The highest BCUT2D eigenvalue weighted by molar-refractivity contribution is 6.16. The predicted octanol–water partition coefficient (Wildman–Crippen LogP) is 13.8. The van der Waals surface area contributed by atoms with Gasteiger partial charge in [0.1, 0.15) is 11.5 Å². The molecule has 0 atom stereocenters. The van der Waals surface area contributed by atoms with Crippen LogP contribution in [0, 0.1) is 5.41 Å². The van der Waals surface area contributed by atoms with Gasteiger partial charge in [0.25, 0.3) is 0 Å². The molecule has 1 spiro atoms. The first-order valence-corrected chi connectivity index (χ1v) is 20.3. The molecule has 0 saturated carbocycles. The van der Waals surface area contributed by atoms with Crippen LogP contribution in [0.15, 0.2) is 200 Å². The Bertz CT molecular complexity index is 3390. The SMILES string of the molecule is N=C(/C=C\c1ccc2ccc(-c3ccccc3)nc2c1)c1cccc(-c2nc3ccccc3c3c4c(ccc23)C2(c3ccccc3O4)c3ccccc3-c3ccccc32)c1. The smallest absolute Gasteiger partial charge is 0.140 e. The zero-order valence-electron chi connectivity index (χ0n) is 32.4. The first-order chi connectivity index (χ1) is 29.6. The van der Waals surface area contributed by atoms with Gasteiger partial charge >= 0.3 is 0 Å².